The second-order valence-corrected chi connectivity index (χ2v) is 8.07. The summed E-state index contributed by atoms with van der Waals surface area (Å²) < 4.78 is 0. The van der Waals surface area contributed by atoms with Crippen LogP contribution in [0, 0.1) is 0 Å². The first kappa shape index (κ1) is 30.6. The van der Waals surface area contributed by atoms with Crippen molar-refractivity contribution in [3.05, 3.63) is 0 Å². The average Bonchev–Trinajstić information content (AvgIpc) is 2.63. The number of hydrogen-bond acceptors (Lipinski definition) is 5. The second kappa shape index (κ2) is 20.7. The maximum atomic E-state index is 2.71. The summed E-state index contributed by atoms with van der Waals surface area (Å²) in [5.74, 6) is 0. The van der Waals surface area contributed by atoms with Crippen molar-refractivity contribution in [2.75, 3.05) is 78.5 Å². The van der Waals surface area contributed by atoms with Crippen molar-refractivity contribution < 1.29 is 25.6 Å². The first-order valence-corrected chi connectivity index (χ1v) is 11.6. The standard InChI is InChI=1S/C22H48N4.H2O.Tc/c1-5-11-23-15-9-16-25(13-7-3)21-22-26(14-8-4)18-10-17-24(12-6-2)20-19-23;;/h5-22H2,1-4H3;1H2;/p-1. The van der Waals surface area contributed by atoms with Crippen LogP contribution in [0.4, 0.5) is 0 Å². The Morgan fingerprint density at radius 2 is 0.643 bits per heavy atom. The molecule has 0 amide bonds. The third kappa shape index (κ3) is 14.4. The average molecular weight is 484 g/mol. The third-order valence-corrected chi connectivity index (χ3v) is 5.52. The molecular formula is C22H49N4OTc-. The van der Waals surface area contributed by atoms with Gasteiger partial charge in [-0.25, -0.2) is 0 Å². The molecule has 5 nitrogen and oxygen atoms in total. The van der Waals surface area contributed by atoms with Gasteiger partial charge in [-0.1, -0.05) is 27.7 Å². The van der Waals surface area contributed by atoms with Crippen LogP contribution in [0.25, 0.3) is 0 Å². The summed E-state index contributed by atoms with van der Waals surface area (Å²) in [4.78, 5) is 10.8. The van der Waals surface area contributed by atoms with Gasteiger partial charge in [0.2, 0.25) is 0 Å². The summed E-state index contributed by atoms with van der Waals surface area (Å²) in [6, 6.07) is 0. The van der Waals surface area contributed by atoms with Crippen LogP contribution < -0.4 is 0 Å². The van der Waals surface area contributed by atoms with Crippen LogP contribution in [0.5, 0.6) is 0 Å². The normalized spacial score (nSPS) is 20.1. The molecule has 0 aliphatic carbocycles. The van der Waals surface area contributed by atoms with Crippen LogP contribution in [0.15, 0.2) is 0 Å². The molecule has 1 radical (unpaired) electrons. The van der Waals surface area contributed by atoms with Gasteiger partial charge < -0.3 is 25.1 Å². The topological polar surface area (TPSA) is 43.0 Å². The van der Waals surface area contributed by atoms with Gasteiger partial charge in [-0.15, -0.1) is 0 Å². The van der Waals surface area contributed by atoms with Gasteiger partial charge in [-0.05, 0) is 90.9 Å². The summed E-state index contributed by atoms with van der Waals surface area (Å²) in [7, 11) is 0. The van der Waals surface area contributed by atoms with Gasteiger partial charge in [0.25, 0.3) is 0 Å². The van der Waals surface area contributed by atoms with Gasteiger partial charge in [0.1, 0.15) is 0 Å². The van der Waals surface area contributed by atoms with E-state index >= 15 is 0 Å². The van der Waals surface area contributed by atoms with E-state index in [1.54, 1.807) is 0 Å². The molecule has 0 atom stereocenters. The Balaban J connectivity index is 0. The van der Waals surface area contributed by atoms with Gasteiger partial charge in [0.05, 0.1) is 0 Å². The van der Waals surface area contributed by atoms with Crippen molar-refractivity contribution in [3.8, 4) is 0 Å². The second-order valence-electron chi connectivity index (χ2n) is 8.07. The zero-order valence-corrected chi connectivity index (χ0v) is 21.2. The van der Waals surface area contributed by atoms with Crippen LogP contribution in [0.2, 0.25) is 0 Å². The first-order valence-electron chi connectivity index (χ1n) is 11.6. The Bertz CT molecular complexity index is 265. The number of rotatable bonds is 8. The van der Waals surface area contributed by atoms with Crippen LogP contribution in [-0.4, -0.2) is 104 Å². The third-order valence-electron chi connectivity index (χ3n) is 5.52. The fourth-order valence-electron chi connectivity index (χ4n) is 4.21. The Morgan fingerprint density at radius 3 is 0.821 bits per heavy atom. The molecule has 1 saturated heterocycles. The molecular weight excluding hydrogens is 434 g/mol. The quantitative estimate of drug-likeness (QED) is 0.529. The molecule has 1 N–H and O–H groups in total. The fourth-order valence-corrected chi connectivity index (χ4v) is 4.21. The zero-order chi connectivity index (χ0) is 19.0. The van der Waals surface area contributed by atoms with Gasteiger partial charge in [0, 0.05) is 46.3 Å². The molecule has 6 heteroatoms. The van der Waals surface area contributed by atoms with E-state index in [9.17, 15) is 0 Å². The molecule has 1 heterocycles. The SMILES string of the molecule is CCCN1CCCN(CCC)CCN(CCC)CCCN(CCC)CC1.[OH-].[Tc]. The monoisotopic (exact) mass is 482 g/mol. The van der Waals surface area contributed by atoms with E-state index < -0.39 is 0 Å². The van der Waals surface area contributed by atoms with E-state index in [0.717, 1.165) is 0 Å². The molecule has 0 spiro atoms. The predicted octanol–water partition coefficient (Wildman–Crippen LogP) is 3.45. The Kier molecular flexibility index (Phi) is 22.7. The molecule has 0 aromatic carbocycles. The van der Waals surface area contributed by atoms with E-state index in [2.05, 4.69) is 47.3 Å². The minimum atomic E-state index is 0. The van der Waals surface area contributed by atoms with Crippen molar-refractivity contribution >= 4 is 0 Å². The largest absolute Gasteiger partial charge is 0.870 e. The summed E-state index contributed by atoms with van der Waals surface area (Å²) in [5, 5.41) is 0. The number of nitrogens with zero attached hydrogens (tertiary/aromatic N) is 4. The molecule has 171 valence electrons. The molecule has 1 aliphatic heterocycles. The number of hydrogen-bond donors (Lipinski definition) is 0. The van der Waals surface area contributed by atoms with Crippen molar-refractivity contribution in [1.82, 2.24) is 19.6 Å². The van der Waals surface area contributed by atoms with Crippen LogP contribution in [-0.2, 0) is 20.1 Å². The molecule has 0 saturated carbocycles. The summed E-state index contributed by atoms with van der Waals surface area (Å²) in [5.41, 5.74) is 0. The predicted molar refractivity (Wildman–Crippen MR) is 118 cm³/mol. The smallest absolute Gasteiger partial charge is 0.0109 e. The van der Waals surface area contributed by atoms with Crippen LogP contribution >= 0.6 is 0 Å². The first-order chi connectivity index (χ1) is 12.7. The maximum Gasteiger partial charge on any atom is 0.0109 e. The Labute approximate surface area is 189 Å². The van der Waals surface area contributed by atoms with Crippen LogP contribution in [0.3, 0.4) is 0 Å². The molecule has 28 heavy (non-hydrogen) atoms. The van der Waals surface area contributed by atoms with Crippen molar-refractivity contribution in [3.63, 3.8) is 0 Å². The minimum Gasteiger partial charge on any atom is -0.870 e. The molecule has 0 unspecified atom stereocenters. The van der Waals surface area contributed by atoms with Gasteiger partial charge >= 0.3 is 0 Å². The zero-order valence-electron chi connectivity index (χ0n) is 19.3. The van der Waals surface area contributed by atoms with Crippen LogP contribution in [0.1, 0.15) is 66.2 Å². The van der Waals surface area contributed by atoms with Gasteiger partial charge in [-0.3, -0.25) is 0 Å². The van der Waals surface area contributed by atoms with Crippen molar-refractivity contribution in [2.24, 2.45) is 0 Å². The molecule has 1 aliphatic rings. The summed E-state index contributed by atoms with van der Waals surface area (Å²) >= 11 is 0. The molecule has 1 fully saturated rings. The Hall–Kier alpha value is 0.449. The summed E-state index contributed by atoms with van der Waals surface area (Å²) in [6.07, 6.45) is 7.75. The van der Waals surface area contributed by atoms with E-state index in [1.165, 1.54) is 117 Å². The molecule has 0 bridgehead atoms. The van der Waals surface area contributed by atoms with Crippen molar-refractivity contribution in [1.29, 1.82) is 0 Å². The van der Waals surface area contributed by atoms with E-state index in [1.807, 2.05) is 0 Å². The minimum absolute atomic E-state index is 0. The molecule has 1 rings (SSSR count). The maximum absolute atomic E-state index is 2.71. The fraction of sp³-hybridized carbons (Fsp3) is 1.00. The summed E-state index contributed by atoms with van der Waals surface area (Å²) in [6.45, 7) is 24.4. The van der Waals surface area contributed by atoms with E-state index in [0.29, 0.717) is 0 Å². The molecule has 0 aromatic rings. The van der Waals surface area contributed by atoms with Gasteiger partial charge in [0.15, 0.2) is 0 Å². The van der Waals surface area contributed by atoms with Crippen molar-refractivity contribution in [2.45, 2.75) is 66.2 Å². The van der Waals surface area contributed by atoms with E-state index in [4.69, 9.17) is 0 Å². The molecule has 0 aromatic heterocycles. The van der Waals surface area contributed by atoms with E-state index in [-0.39, 0.29) is 25.6 Å². The van der Waals surface area contributed by atoms with Gasteiger partial charge in [-0.2, -0.15) is 0 Å². The Morgan fingerprint density at radius 1 is 0.429 bits per heavy atom.